The van der Waals surface area contributed by atoms with Gasteiger partial charge in [-0.15, -0.1) is 0 Å². The molecule has 2 nitrogen and oxygen atoms in total. The van der Waals surface area contributed by atoms with E-state index < -0.39 is 0 Å². The van der Waals surface area contributed by atoms with E-state index in [9.17, 15) is 9.59 Å². The van der Waals surface area contributed by atoms with Crippen LogP contribution in [0.2, 0.25) is 0 Å². The third-order valence-electron chi connectivity index (χ3n) is 2.69. The summed E-state index contributed by atoms with van der Waals surface area (Å²) in [4.78, 5) is 21.6. The van der Waals surface area contributed by atoms with Crippen molar-refractivity contribution in [2.24, 2.45) is 17.8 Å². The lowest BCUT2D eigenvalue weighted by molar-refractivity contribution is -0.123. The zero-order chi connectivity index (χ0) is 12.7. The molecule has 2 heteroatoms. The Labute approximate surface area is 99.8 Å². The molecule has 0 spiro atoms. The van der Waals surface area contributed by atoms with Crippen LogP contribution >= 0.6 is 0 Å². The Bertz CT molecular complexity index is 221. The van der Waals surface area contributed by atoms with Crippen molar-refractivity contribution in [2.75, 3.05) is 0 Å². The SMILES string of the molecule is CC(C)C(=O)C1CC1.CCCC(=O)C(C)C. The van der Waals surface area contributed by atoms with E-state index in [1.165, 1.54) is 0 Å². The predicted molar refractivity (Wildman–Crippen MR) is 67.3 cm³/mol. The maximum atomic E-state index is 10.9. The van der Waals surface area contributed by atoms with Crippen LogP contribution < -0.4 is 0 Å². The molecule has 1 rings (SSSR count). The Morgan fingerprint density at radius 1 is 1.06 bits per heavy atom. The standard InChI is InChI=1S/C7H12O.C7H14O/c1-5(2)7(8)6-3-4-6;1-4-5-7(8)6(2)3/h5-6H,3-4H2,1-2H3;6H,4-5H2,1-3H3. The lowest BCUT2D eigenvalue weighted by Gasteiger charge is -1.98. The van der Waals surface area contributed by atoms with E-state index in [1.807, 2.05) is 34.6 Å². The molecule has 0 atom stereocenters. The molecule has 1 aliphatic rings. The summed E-state index contributed by atoms with van der Waals surface area (Å²) in [6.07, 6.45) is 4.03. The smallest absolute Gasteiger partial charge is 0.138 e. The maximum absolute atomic E-state index is 10.9. The van der Waals surface area contributed by atoms with Crippen LogP contribution in [-0.2, 0) is 9.59 Å². The number of hydrogen-bond donors (Lipinski definition) is 0. The minimum absolute atomic E-state index is 0.231. The van der Waals surface area contributed by atoms with Crippen molar-refractivity contribution >= 4 is 11.6 Å². The lowest BCUT2D eigenvalue weighted by atomic mass is 10.1. The second-order valence-electron chi connectivity index (χ2n) is 5.20. The second kappa shape index (κ2) is 7.59. The average molecular weight is 226 g/mol. The summed E-state index contributed by atoms with van der Waals surface area (Å²) < 4.78 is 0. The fourth-order valence-corrected chi connectivity index (χ4v) is 1.37. The molecular weight excluding hydrogens is 200 g/mol. The first-order valence-corrected chi connectivity index (χ1v) is 6.46. The van der Waals surface area contributed by atoms with Crippen molar-refractivity contribution in [1.82, 2.24) is 0 Å². The maximum Gasteiger partial charge on any atom is 0.138 e. The summed E-state index contributed by atoms with van der Waals surface area (Å²) in [5, 5.41) is 0. The fourth-order valence-electron chi connectivity index (χ4n) is 1.37. The molecule has 0 aliphatic heterocycles. The molecule has 16 heavy (non-hydrogen) atoms. The summed E-state index contributed by atoms with van der Waals surface area (Å²) in [7, 11) is 0. The molecule has 0 bridgehead atoms. The van der Waals surface area contributed by atoms with E-state index in [0.29, 0.717) is 17.5 Å². The normalized spacial score (nSPS) is 14.7. The van der Waals surface area contributed by atoms with Crippen molar-refractivity contribution < 1.29 is 9.59 Å². The topological polar surface area (TPSA) is 34.1 Å². The van der Waals surface area contributed by atoms with Crippen LogP contribution in [0.3, 0.4) is 0 Å². The monoisotopic (exact) mass is 226 g/mol. The first-order chi connectivity index (χ1) is 7.40. The largest absolute Gasteiger partial charge is 0.299 e. The highest BCUT2D eigenvalue weighted by molar-refractivity contribution is 5.84. The van der Waals surface area contributed by atoms with Crippen molar-refractivity contribution in [3.05, 3.63) is 0 Å². The molecule has 1 aliphatic carbocycles. The van der Waals surface area contributed by atoms with Gasteiger partial charge in [-0.05, 0) is 19.3 Å². The summed E-state index contributed by atoms with van der Waals surface area (Å²) in [6, 6.07) is 0. The Morgan fingerprint density at radius 2 is 1.56 bits per heavy atom. The molecule has 0 N–H and O–H groups in total. The van der Waals surface area contributed by atoms with Gasteiger partial charge in [0.1, 0.15) is 11.6 Å². The number of hydrogen-bond acceptors (Lipinski definition) is 2. The molecular formula is C14H26O2. The highest BCUT2D eigenvalue weighted by Gasteiger charge is 2.30. The predicted octanol–water partition coefficient (Wildman–Crippen LogP) is 3.63. The van der Waals surface area contributed by atoms with Crippen LogP contribution in [0.25, 0.3) is 0 Å². The summed E-state index contributed by atoms with van der Waals surface area (Å²) in [5.41, 5.74) is 0. The van der Waals surface area contributed by atoms with E-state index in [2.05, 4.69) is 0 Å². The number of carbonyl (C=O) groups is 2. The Hall–Kier alpha value is -0.660. The van der Waals surface area contributed by atoms with Gasteiger partial charge in [-0.25, -0.2) is 0 Å². The highest BCUT2D eigenvalue weighted by atomic mass is 16.1. The molecule has 1 saturated carbocycles. The van der Waals surface area contributed by atoms with Gasteiger partial charge >= 0.3 is 0 Å². The van der Waals surface area contributed by atoms with Crippen LogP contribution in [0.5, 0.6) is 0 Å². The molecule has 0 amide bonds. The first kappa shape index (κ1) is 15.3. The Morgan fingerprint density at radius 3 is 1.69 bits per heavy atom. The average Bonchev–Trinajstić information content (AvgIpc) is 3.01. The molecule has 0 heterocycles. The van der Waals surface area contributed by atoms with Gasteiger partial charge in [0, 0.05) is 24.2 Å². The molecule has 94 valence electrons. The van der Waals surface area contributed by atoms with Gasteiger partial charge in [0.05, 0.1) is 0 Å². The van der Waals surface area contributed by atoms with Crippen LogP contribution in [0, 0.1) is 17.8 Å². The van der Waals surface area contributed by atoms with Gasteiger partial charge in [0.25, 0.3) is 0 Å². The van der Waals surface area contributed by atoms with E-state index >= 15 is 0 Å². The molecule has 1 fully saturated rings. The van der Waals surface area contributed by atoms with E-state index in [-0.39, 0.29) is 11.8 Å². The van der Waals surface area contributed by atoms with Gasteiger partial charge in [0.15, 0.2) is 0 Å². The van der Waals surface area contributed by atoms with Gasteiger partial charge in [-0.2, -0.15) is 0 Å². The molecule has 0 aromatic rings. The number of rotatable bonds is 5. The lowest BCUT2D eigenvalue weighted by Crippen LogP contribution is -2.08. The summed E-state index contributed by atoms with van der Waals surface area (Å²) >= 11 is 0. The molecule has 0 aromatic carbocycles. The molecule has 0 radical (unpaired) electrons. The molecule has 0 saturated heterocycles. The van der Waals surface area contributed by atoms with E-state index in [4.69, 9.17) is 0 Å². The quantitative estimate of drug-likeness (QED) is 0.717. The second-order valence-corrected chi connectivity index (χ2v) is 5.20. The molecule has 0 unspecified atom stereocenters. The fraction of sp³-hybridized carbons (Fsp3) is 0.857. The third kappa shape index (κ3) is 6.76. The van der Waals surface area contributed by atoms with Gasteiger partial charge in [-0.1, -0.05) is 34.6 Å². The van der Waals surface area contributed by atoms with Crippen molar-refractivity contribution in [3.8, 4) is 0 Å². The van der Waals surface area contributed by atoms with Gasteiger partial charge in [0.2, 0.25) is 0 Å². The molecule has 0 aromatic heterocycles. The third-order valence-corrected chi connectivity index (χ3v) is 2.69. The van der Waals surface area contributed by atoms with Crippen LogP contribution in [0.15, 0.2) is 0 Å². The van der Waals surface area contributed by atoms with Crippen LogP contribution in [0.4, 0.5) is 0 Å². The number of carbonyl (C=O) groups excluding carboxylic acids is 2. The summed E-state index contributed by atoms with van der Waals surface area (Å²) in [6.45, 7) is 9.86. The van der Waals surface area contributed by atoms with E-state index in [0.717, 1.165) is 25.7 Å². The van der Waals surface area contributed by atoms with Crippen molar-refractivity contribution in [3.63, 3.8) is 0 Å². The highest BCUT2D eigenvalue weighted by Crippen LogP contribution is 2.31. The Balaban J connectivity index is 0.000000281. The van der Waals surface area contributed by atoms with Gasteiger partial charge in [-0.3, -0.25) is 9.59 Å². The van der Waals surface area contributed by atoms with Crippen LogP contribution in [0.1, 0.15) is 60.3 Å². The first-order valence-electron chi connectivity index (χ1n) is 6.46. The summed E-state index contributed by atoms with van der Waals surface area (Å²) in [5.74, 6) is 1.80. The minimum Gasteiger partial charge on any atom is -0.299 e. The number of Topliss-reactive ketones (excluding diaryl/α,β-unsaturated/α-hetero) is 2. The van der Waals surface area contributed by atoms with Gasteiger partial charge < -0.3 is 0 Å². The Kier molecular flexibility index (Phi) is 7.27. The van der Waals surface area contributed by atoms with Crippen LogP contribution in [-0.4, -0.2) is 11.6 Å². The van der Waals surface area contributed by atoms with E-state index in [1.54, 1.807) is 0 Å². The number of ketones is 2. The zero-order valence-corrected chi connectivity index (χ0v) is 11.4. The van der Waals surface area contributed by atoms with Crippen molar-refractivity contribution in [1.29, 1.82) is 0 Å². The minimum atomic E-state index is 0.231. The van der Waals surface area contributed by atoms with Crippen molar-refractivity contribution in [2.45, 2.75) is 60.3 Å². The zero-order valence-electron chi connectivity index (χ0n) is 11.4.